The molecule has 0 bridgehead atoms. The molecule has 0 heterocycles. The third-order valence-corrected chi connectivity index (χ3v) is 3.81. The molecule has 0 aliphatic heterocycles. The highest BCUT2D eigenvalue weighted by Gasteiger charge is 2.47. The van der Waals surface area contributed by atoms with Crippen molar-refractivity contribution >= 4 is 17.3 Å². The lowest BCUT2D eigenvalue weighted by molar-refractivity contribution is 0.187. The first-order valence-electron chi connectivity index (χ1n) is 5.58. The van der Waals surface area contributed by atoms with Gasteiger partial charge in [-0.05, 0) is 37.2 Å². The molecule has 0 spiro atoms. The number of phenolic OH excluding ortho intramolecular Hbond substituents is 1. The van der Waals surface area contributed by atoms with Crippen LogP contribution in [0.5, 0.6) is 11.5 Å². The zero-order valence-electron chi connectivity index (χ0n) is 8.82. The van der Waals surface area contributed by atoms with Gasteiger partial charge in [-0.25, -0.2) is 0 Å². The summed E-state index contributed by atoms with van der Waals surface area (Å²) in [6.45, 7) is 0. The molecule has 1 aromatic carbocycles. The molecule has 86 valence electrons. The fourth-order valence-corrected chi connectivity index (χ4v) is 2.91. The van der Waals surface area contributed by atoms with Gasteiger partial charge in [0.25, 0.3) is 0 Å². The summed E-state index contributed by atoms with van der Waals surface area (Å²) in [5.41, 5.74) is 6.01. The molecule has 1 aromatic rings. The maximum absolute atomic E-state index is 9.72. The summed E-state index contributed by atoms with van der Waals surface area (Å²) >= 11 is 6.00. The average molecular weight is 240 g/mol. The summed E-state index contributed by atoms with van der Waals surface area (Å²) in [5.74, 6) is 2.10. The van der Waals surface area contributed by atoms with Crippen LogP contribution >= 0.6 is 11.6 Å². The molecule has 0 aromatic heterocycles. The summed E-state index contributed by atoms with van der Waals surface area (Å²) in [7, 11) is 0. The molecule has 0 amide bonds. The van der Waals surface area contributed by atoms with E-state index in [4.69, 9.17) is 22.1 Å². The summed E-state index contributed by atoms with van der Waals surface area (Å²) in [6.07, 6.45) is 3.73. The van der Waals surface area contributed by atoms with Gasteiger partial charge < -0.3 is 15.6 Å². The number of phenols is 1. The SMILES string of the molecule is Nc1cc(O)c(OC2CC3C[C@H]3C2)c(Cl)c1. The first-order chi connectivity index (χ1) is 7.63. The first kappa shape index (κ1) is 10.1. The van der Waals surface area contributed by atoms with E-state index in [-0.39, 0.29) is 11.9 Å². The minimum Gasteiger partial charge on any atom is -0.504 e. The molecule has 3 N–H and O–H groups in total. The number of nitrogens with two attached hydrogens (primary N) is 1. The Labute approximate surface area is 99.2 Å². The maximum Gasteiger partial charge on any atom is 0.180 e. The highest BCUT2D eigenvalue weighted by molar-refractivity contribution is 6.32. The first-order valence-corrected chi connectivity index (χ1v) is 5.96. The molecule has 2 aliphatic rings. The molecule has 16 heavy (non-hydrogen) atoms. The van der Waals surface area contributed by atoms with Gasteiger partial charge >= 0.3 is 0 Å². The second-order valence-electron chi connectivity index (χ2n) is 4.82. The fourth-order valence-electron chi connectivity index (χ4n) is 2.64. The number of aromatic hydroxyl groups is 1. The molecule has 2 saturated carbocycles. The second-order valence-corrected chi connectivity index (χ2v) is 5.23. The Kier molecular flexibility index (Phi) is 2.18. The Bertz CT molecular complexity index is 402. The monoisotopic (exact) mass is 239 g/mol. The van der Waals surface area contributed by atoms with E-state index < -0.39 is 0 Å². The number of nitrogen functional groups attached to an aromatic ring is 1. The highest BCUT2D eigenvalue weighted by atomic mass is 35.5. The van der Waals surface area contributed by atoms with Crippen LogP contribution in [0.15, 0.2) is 12.1 Å². The second kappa shape index (κ2) is 3.45. The summed E-state index contributed by atoms with van der Waals surface area (Å²) in [6, 6.07) is 3.07. The van der Waals surface area contributed by atoms with Gasteiger partial charge in [0.05, 0.1) is 11.1 Å². The van der Waals surface area contributed by atoms with Crippen molar-refractivity contribution < 1.29 is 9.84 Å². The number of hydrogen-bond donors (Lipinski definition) is 2. The zero-order valence-corrected chi connectivity index (χ0v) is 9.57. The van der Waals surface area contributed by atoms with E-state index >= 15 is 0 Å². The molecule has 2 aliphatic carbocycles. The third-order valence-electron chi connectivity index (χ3n) is 3.53. The lowest BCUT2D eigenvalue weighted by Crippen LogP contribution is -2.14. The van der Waals surface area contributed by atoms with Crippen LogP contribution in [0.25, 0.3) is 0 Å². The van der Waals surface area contributed by atoms with Crippen LogP contribution in [0, 0.1) is 11.8 Å². The molecule has 4 heteroatoms. The van der Waals surface area contributed by atoms with E-state index in [9.17, 15) is 5.11 Å². The van der Waals surface area contributed by atoms with Gasteiger partial charge in [-0.15, -0.1) is 0 Å². The number of anilines is 1. The summed E-state index contributed by atoms with van der Waals surface area (Å²) in [4.78, 5) is 0. The quantitative estimate of drug-likeness (QED) is 0.781. The average Bonchev–Trinajstić information content (AvgIpc) is 2.80. The van der Waals surface area contributed by atoms with Gasteiger partial charge in [0.2, 0.25) is 0 Å². The van der Waals surface area contributed by atoms with Crippen molar-refractivity contribution in [2.45, 2.75) is 25.4 Å². The topological polar surface area (TPSA) is 55.5 Å². The van der Waals surface area contributed by atoms with E-state index in [0.29, 0.717) is 16.5 Å². The predicted octanol–water partition coefficient (Wildman–Crippen LogP) is 2.81. The number of halogens is 1. The highest BCUT2D eigenvalue weighted by Crippen LogP contribution is 2.53. The van der Waals surface area contributed by atoms with Gasteiger partial charge in [-0.3, -0.25) is 0 Å². The smallest absolute Gasteiger partial charge is 0.180 e. The Morgan fingerprint density at radius 3 is 2.56 bits per heavy atom. The van der Waals surface area contributed by atoms with Gasteiger partial charge in [-0.1, -0.05) is 11.6 Å². The molecule has 0 radical (unpaired) electrons. The van der Waals surface area contributed by atoms with Crippen molar-refractivity contribution in [3.8, 4) is 11.5 Å². The molecular formula is C12H14ClNO2. The molecular weight excluding hydrogens is 226 g/mol. The van der Waals surface area contributed by atoms with Gasteiger partial charge in [0.1, 0.15) is 0 Å². The van der Waals surface area contributed by atoms with Crippen molar-refractivity contribution in [3.63, 3.8) is 0 Å². The van der Waals surface area contributed by atoms with E-state index in [2.05, 4.69) is 0 Å². The minimum atomic E-state index is 0.0329. The lowest BCUT2D eigenvalue weighted by Gasteiger charge is -2.17. The Hall–Kier alpha value is -1.09. The molecule has 3 nitrogen and oxygen atoms in total. The van der Waals surface area contributed by atoms with Crippen LogP contribution in [0.1, 0.15) is 19.3 Å². The number of fused-ring (bicyclic) bond motifs is 1. The van der Waals surface area contributed by atoms with E-state index in [0.717, 1.165) is 24.7 Å². The number of hydrogen-bond acceptors (Lipinski definition) is 3. The third kappa shape index (κ3) is 1.69. The van der Waals surface area contributed by atoms with Crippen molar-refractivity contribution in [2.24, 2.45) is 11.8 Å². The van der Waals surface area contributed by atoms with Crippen LogP contribution in [-0.4, -0.2) is 11.2 Å². The Balaban J connectivity index is 1.78. The van der Waals surface area contributed by atoms with Gasteiger partial charge in [-0.2, -0.15) is 0 Å². The summed E-state index contributed by atoms with van der Waals surface area (Å²) in [5, 5.41) is 10.1. The van der Waals surface area contributed by atoms with Crippen molar-refractivity contribution in [1.82, 2.24) is 0 Å². The number of benzene rings is 1. The number of rotatable bonds is 2. The molecule has 0 saturated heterocycles. The van der Waals surface area contributed by atoms with Crippen molar-refractivity contribution in [1.29, 1.82) is 0 Å². The maximum atomic E-state index is 9.72. The number of ether oxygens (including phenoxy) is 1. The minimum absolute atomic E-state index is 0.0329. The fraction of sp³-hybridized carbons (Fsp3) is 0.500. The molecule has 3 atom stereocenters. The zero-order chi connectivity index (χ0) is 11.3. The molecule has 3 rings (SSSR count). The van der Waals surface area contributed by atoms with Crippen molar-refractivity contribution in [3.05, 3.63) is 17.2 Å². The van der Waals surface area contributed by atoms with Gasteiger partial charge in [0, 0.05) is 11.8 Å². The summed E-state index contributed by atoms with van der Waals surface area (Å²) < 4.78 is 5.76. The van der Waals surface area contributed by atoms with E-state index in [1.54, 1.807) is 6.07 Å². The Morgan fingerprint density at radius 1 is 1.25 bits per heavy atom. The van der Waals surface area contributed by atoms with Crippen LogP contribution < -0.4 is 10.5 Å². The largest absolute Gasteiger partial charge is 0.504 e. The Morgan fingerprint density at radius 2 is 1.94 bits per heavy atom. The normalized spacial score (nSPS) is 31.2. The lowest BCUT2D eigenvalue weighted by atomic mass is 10.2. The predicted molar refractivity (Wildman–Crippen MR) is 62.8 cm³/mol. The van der Waals surface area contributed by atoms with E-state index in [1.807, 2.05) is 0 Å². The van der Waals surface area contributed by atoms with E-state index in [1.165, 1.54) is 12.5 Å². The standard InChI is InChI=1S/C12H14ClNO2/c13-10-4-8(14)5-11(15)12(10)16-9-2-6-1-7(6)3-9/h4-7,9,15H,1-3,14H2/t6-,7?,9?/m0/s1. The van der Waals surface area contributed by atoms with Crippen LogP contribution in [-0.2, 0) is 0 Å². The van der Waals surface area contributed by atoms with Gasteiger partial charge in [0.15, 0.2) is 11.5 Å². The van der Waals surface area contributed by atoms with Crippen LogP contribution in [0.3, 0.4) is 0 Å². The van der Waals surface area contributed by atoms with Crippen LogP contribution in [0.2, 0.25) is 5.02 Å². The molecule has 2 fully saturated rings. The van der Waals surface area contributed by atoms with Crippen molar-refractivity contribution in [2.75, 3.05) is 5.73 Å². The molecule has 2 unspecified atom stereocenters. The van der Waals surface area contributed by atoms with Crippen LogP contribution in [0.4, 0.5) is 5.69 Å².